The molecule has 5 nitrogen and oxygen atoms in total. The summed E-state index contributed by atoms with van der Waals surface area (Å²) in [5, 5.41) is 12.0. The van der Waals surface area contributed by atoms with Crippen molar-refractivity contribution in [1.29, 1.82) is 0 Å². The van der Waals surface area contributed by atoms with Crippen molar-refractivity contribution in [2.75, 3.05) is 0 Å². The number of rotatable bonds is 0. The maximum absolute atomic E-state index is 8.44. The average molecular weight is 138 g/mol. The van der Waals surface area contributed by atoms with E-state index < -0.39 is 11.4 Å². The molecule has 0 aromatic carbocycles. The van der Waals surface area contributed by atoms with E-state index in [2.05, 4.69) is 0 Å². The molecule has 0 aromatic heterocycles. The van der Waals surface area contributed by atoms with Crippen LogP contribution >= 0.6 is 0 Å². The second-order valence-corrected chi connectivity index (χ2v) is 0.612. The van der Waals surface area contributed by atoms with Gasteiger partial charge in [0.25, 0.3) is 0 Å². The largest absolute Gasteiger partial charge is 2.00 e. The summed E-state index contributed by atoms with van der Waals surface area (Å²) in [4.78, 5) is 0. The van der Waals surface area contributed by atoms with Crippen molar-refractivity contribution in [3.8, 4) is 0 Å². The van der Waals surface area contributed by atoms with Crippen LogP contribution in [0.25, 0.3) is 0 Å². The standard InChI is InChI=1S/Mg.H2O3S.H2O2/c;1-4(2)3;1-2/h;(H2,1,2,3);1-2H/q+2;;/p-2. The van der Waals surface area contributed by atoms with Gasteiger partial charge in [-0.15, -0.1) is 11.4 Å². The van der Waals surface area contributed by atoms with E-state index in [0.29, 0.717) is 0 Å². The van der Waals surface area contributed by atoms with Gasteiger partial charge < -0.3 is 9.11 Å². The molecule has 0 aliphatic rings. The Morgan fingerprint density at radius 1 is 1.29 bits per heavy atom. The minimum absolute atomic E-state index is 0. The minimum Gasteiger partial charge on any atom is -0.784 e. The van der Waals surface area contributed by atoms with E-state index in [1.165, 1.54) is 0 Å². The van der Waals surface area contributed by atoms with Crippen LogP contribution in [0, 0.1) is 0 Å². The predicted molar refractivity (Wildman–Crippen MR) is 20.7 cm³/mol. The molecular weight excluding hydrogens is 136 g/mol. The van der Waals surface area contributed by atoms with E-state index in [0.717, 1.165) is 0 Å². The van der Waals surface area contributed by atoms with Gasteiger partial charge in [-0.05, 0) is 0 Å². The molecule has 40 valence electrons. The van der Waals surface area contributed by atoms with Crippen molar-refractivity contribution in [1.82, 2.24) is 0 Å². The molecule has 0 amide bonds. The van der Waals surface area contributed by atoms with Crippen molar-refractivity contribution in [2.45, 2.75) is 0 Å². The first-order chi connectivity index (χ1) is 2.73. The van der Waals surface area contributed by atoms with E-state index in [4.69, 9.17) is 23.8 Å². The molecule has 2 N–H and O–H groups in total. The Kier molecular flexibility index (Phi) is 35.5. The van der Waals surface area contributed by atoms with Gasteiger partial charge in [-0.25, -0.2) is 0 Å². The van der Waals surface area contributed by atoms with Crippen molar-refractivity contribution in [2.24, 2.45) is 0 Å². The fourth-order valence-corrected chi connectivity index (χ4v) is 0. The molecule has 0 aromatic rings. The summed E-state index contributed by atoms with van der Waals surface area (Å²) < 4.78 is 25.3. The van der Waals surface area contributed by atoms with Gasteiger partial charge in [0, 0.05) is 0 Å². The van der Waals surface area contributed by atoms with Crippen LogP contribution in [0.1, 0.15) is 0 Å². The van der Waals surface area contributed by atoms with Gasteiger partial charge in [-0.3, -0.25) is 14.7 Å². The van der Waals surface area contributed by atoms with Crippen LogP contribution in [0.4, 0.5) is 0 Å². The van der Waals surface area contributed by atoms with Gasteiger partial charge in [0.05, 0.1) is 0 Å². The second kappa shape index (κ2) is 15.9. The van der Waals surface area contributed by atoms with Gasteiger partial charge in [0.2, 0.25) is 0 Å². The first-order valence-corrected chi connectivity index (χ1v) is 1.70. The zero-order chi connectivity index (χ0) is 5.58. The van der Waals surface area contributed by atoms with Crippen molar-refractivity contribution in [3.05, 3.63) is 0 Å². The van der Waals surface area contributed by atoms with E-state index in [-0.39, 0.29) is 23.1 Å². The summed E-state index contributed by atoms with van der Waals surface area (Å²) in [6.45, 7) is 0. The Hall–Kier alpha value is 0.756. The van der Waals surface area contributed by atoms with Crippen LogP contribution in [-0.4, -0.2) is 46.9 Å². The molecule has 0 rings (SSSR count). The molecule has 0 aliphatic heterocycles. The van der Waals surface area contributed by atoms with Crippen molar-refractivity contribution < 1.29 is 23.8 Å². The smallest absolute Gasteiger partial charge is 0.784 e. The van der Waals surface area contributed by atoms with Gasteiger partial charge in [0.1, 0.15) is 0 Å². The van der Waals surface area contributed by atoms with Gasteiger partial charge in [-0.2, -0.15) is 0 Å². The van der Waals surface area contributed by atoms with Crippen molar-refractivity contribution in [3.63, 3.8) is 0 Å². The normalized spacial score (nSPS) is 5.86. The van der Waals surface area contributed by atoms with Crippen LogP contribution < -0.4 is 0 Å². The summed E-state index contributed by atoms with van der Waals surface area (Å²) in [7, 11) is 0. The zero-order valence-electron chi connectivity index (χ0n) is 3.23. The van der Waals surface area contributed by atoms with Crippen LogP contribution in [-0.2, 0) is 11.4 Å². The van der Waals surface area contributed by atoms with Gasteiger partial charge >= 0.3 is 23.1 Å². The number of hydrogen-bond acceptors (Lipinski definition) is 5. The fraction of sp³-hybridized carbons (Fsp3) is 0. The molecule has 0 fully saturated rings. The van der Waals surface area contributed by atoms with Crippen LogP contribution in [0.5, 0.6) is 0 Å². The third kappa shape index (κ3) is 267. The summed E-state index contributed by atoms with van der Waals surface area (Å²) in [6, 6.07) is 0. The number of hydrogen-bond donors (Lipinski definition) is 2. The Labute approximate surface area is 58.5 Å². The molecular formula is H2MgO5S. The third-order valence-corrected chi connectivity index (χ3v) is 0. The average Bonchev–Trinajstić information content (AvgIpc) is 1.41. The van der Waals surface area contributed by atoms with E-state index in [9.17, 15) is 0 Å². The molecule has 0 heterocycles. The van der Waals surface area contributed by atoms with Crippen LogP contribution in [0.15, 0.2) is 0 Å². The summed E-state index contributed by atoms with van der Waals surface area (Å²) in [5.41, 5.74) is 0. The molecule has 0 spiro atoms. The van der Waals surface area contributed by atoms with E-state index in [1.807, 2.05) is 0 Å². The van der Waals surface area contributed by atoms with Crippen molar-refractivity contribution >= 4 is 34.4 Å². The Balaban J connectivity index is -0.0000000480. The molecule has 0 saturated carbocycles. The third-order valence-electron chi connectivity index (χ3n) is 0. The second-order valence-electron chi connectivity index (χ2n) is 0.204. The molecule has 0 aliphatic carbocycles. The molecule has 7 heteroatoms. The van der Waals surface area contributed by atoms with Crippen LogP contribution in [0.3, 0.4) is 0 Å². The zero-order valence-corrected chi connectivity index (χ0v) is 5.47. The van der Waals surface area contributed by atoms with Gasteiger partial charge in [-0.1, -0.05) is 0 Å². The monoisotopic (exact) mass is 138 g/mol. The SMILES string of the molecule is O=S([O-])[O-].OO.[Mg+2]. The quantitative estimate of drug-likeness (QED) is 0.186. The van der Waals surface area contributed by atoms with Crippen LogP contribution in [0.2, 0.25) is 0 Å². The van der Waals surface area contributed by atoms with E-state index >= 15 is 0 Å². The molecule has 0 saturated heterocycles. The fourth-order valence-electron chi connectivity index (χ4n) is 0. The van der Waals surface area contributed by atoms with E-state index in [1.54, 1.807) is 0 Å². The summed E-state index contributed by atoms with van der Waals surface area (Å²) in [6.07, 6.45) is 0. The Morgan fingerprint density at radius 3 is 1.29 bits per heavy atom. The molecule has 0 unspecified atom stereocenters. The summed E-state index contributed by atoms with van der Waals surface area (Å²) in [5.74, 6) is 0. The predicted octanol–water partition coefficient (Wildman–Crippen LogP) is -1.37. The molecule has 0 atom stereocenters. The first kappa shape index (κ1) is 15.7. The molecule has 0 radical (unpaired) electrons. The maximum atomic E-state index is 8.44. The Bertz CT molecular complexity index is 31.1. The Morgan fingerprint density at radius 2 is 1.29 bits per heavy atom. The maximum Gasteiger partial charge on any atom is 2.00 e. The minimum atomic E-state index is -3.11. The molecule has 0 bridgehead atoms. The first-order valence-electron chi connectivity index (χ1n) is 0.700. The van der Waals surface area contributed by atoms with Gasteiger partial charge in [0.15, 0.2) is 0 Å². The summed E-state index contributed by atoms with van der Waals surface area (Å²) >= 11 is -3.11. The molecule has 7 heavy (non-hydrogen) atoms. The topological polar surface area (TPSA) is 104 Å².